The number of rotatable bonds is 2. The van der Waals surface area contributed by atoms with E-state index in [9.17, 15) is 5.26 Å². The van der Waals surface area contributed by atoms with Crippen LogP contribution in [0.4, 0.5) is 5.69 Å². The molecule has 6 aromatic carbocycles. The molecule has 0 aliphatic carbocycles. The third kappa shape index (κ3) is 3.19. The lowest BCUT2D eigenvalue weighted by atomic mass is 10.1. The average molecular weight is 549 g/mol. The van der Waals surface area contributed by atoms with Gasteiger partial charge in [0.25, 0.3) is 0 Å². The van der Waals surface area contributed by atoms with Crippen LogP contribution in [-0.2, 0) is 0 Å². The first-order valence-corrected chi connectivity index (χ1v) is 14.0. The van der Waals surface area contributed by atoms with Crippen LogP contribution >= 0.6 is 0 Å². The first-order valence-electron chi connectivity index (χ1n) is 14.0. The summed E-state index contributed by atoms with van der Waals surface area (Å²) in [5.41, 5.74) is 9.22. The summed E-state index contributed by atoms with van der Waals surface area (Å²) >= 11 is 0. The number of nitrogens with zero attached hydrogens (tertiary/aromatic N) is 4. The van der Waals surface area contributed by atoms with E-state index in [0.717, 1.165) is 76.9 Å². The van der Waals surface area contributed by atoms with Crippen molar-refractivity contribution in [2.45, 2.75) is 0 Å². The molecular weight excluding hydrogens is 528 g/mol. The Balaban J connectivity index is 1.34. The highest BCUT2D eigenvalue weighted by Crippen LogP contribution is 2.41. The van der Waals surface area contributed by atoms with Gasteiger partial charge in [-0.1, -0.05) is 48.5 Å². The Morgan fingerprint density at radius 1 is 0.581 bits per heavy atom. The molecule has 198 valence electrons. The molecule has 0 spiro atoms. The SMILES string of the molecule is [C-]#[N+]c1ccc2oc3c(ccc4c3c3ccccc3n4-c3cccc(-n4c5ccccc5c5cc(C#N)ccc54)c3)c2c1. The van der Waals surface area contributed by atoms with Crippen molar-refractivity contribution in [1.29, 1.82) is 5.26 Å². The monoisotopic (exact) mass is 548 g/mol. The van der Waals surface area contributed by atoms with Gasteiger partial charge < -0.3 is 13.6 Å². The van der Waals surface area contributed by atoms with Gasteiger partial charge in [-0.15, -0.1) is 0 Å². The topological polar surface area (TPSA) is 51.1 Å². The van der Waals surface area contributed by atoms with Gasteiger partial charge >= 0.3 is 0 Å². The minimum atomic E-state index is 0.600. The van der Waals surface area contributed by atoms with E-state index in [-0.39, 0.29) is 0 Å². The quantitative estimate of drug-likeness (QED) is 0.202. The number of para-hydroxylation sites is 2. The molecule has 0 aliphatic heterocycles. The van der Waals surface area contributed by atoms with Crippen LogP contribution in [0.2, 0.25) is 0 Å². The molecule has 43 heavy (non-hydrogen) atoms. The van der Waals surface area contributed by atoms with Crippen LogP contribution in [-0.4, -0.2) is 9.13 Å². The first-order chi connectivity index (χ1) is 21.2. The van der Waals surface area contributed by atoms with E-state index in [1.165, 1.54) is 0 Å². The average Bonchev–Trinajstić information content (AvgIpc) is 3.71. The molecule has 0 amide bonds. The molecule has 0 unspecified atom stereocenters. The molecule has 3 aromatic heterocycles. The Bertz CT molecular complexity index is 2710. The van der Waals surface area contributed by atoms with Crippen LogP contribution in [0.25, 0.3) is 81.8 Å². The number of hydrogen-bond acceptors (Lipinski definition) is 2. The summed E-state index contributed by atoms with van der Waals surface area (Å²) in [6.07, 6.45) is 0. The van der Waals surface area contributed by atoms with Crippen LogP contribution < -0.4 is 0 Å². The van der Waals surface area contributed by atoms with Crippen molar-refractivity contribution >= 4 is 71.2 Å². The summed E-state index contributed by atoms with van der Waals surface area (Å²) in [6, 6.07) is 43.4. The number of benzene rings is 6. The normalized spacial score (nSPS) is 11.7. The van der Waals surface area contributed by atoms with Gasteiger partial charge in [0.05, 0.1) is 45.7 Å². The molecule has 9 rings (SSSR count). The minimum absolute atomic E-state index is 0.600. The van der Waals surface area contributed by atoms with E-state index >= 15 is 0 Å². The molecule has 5 heteroatoms. The number of aromatic nitrogens is 2. The molecule has 9 aromatic rings. The van der Waals surface area contributed by atoms with Crippen LogP contribution in [0.5, 0.6) is 0 Å². The zero-order valence-electron chi connectivity index (χ0n) is 22.7. The Kier molecular flexibility index (Phi) is 4.68. The second kappa shape index (κ2) is 8.60. The van der Waals surface area contributed by atoms with Crippen molar-refractivity contribution in [1.82, 2.24) is 9.13 Å². The van der Waals surface area contributed by atoms with E-state index in [4.69, 9.17) is 11.0 Å². The molecule has 5 nitrogen and oxygen atoms in total. The molecule has 0 N–H and O–H groups in total. The second-order valence-corrected chi connectivity index (χ2v) is 10.8. The molecule has 0 atom stereocenters. The zero-order chi connectivity index (χ0) is 28.7. The zero-order valence-corrected chi connectivity index (χ0v) is 22.7. The summed E-state index contributed by atoms with van der Waals surface area (Å²) in [5.74, 6) is 0. The van der Waals surface area contributed by atoms with Gasteiger partial charge in [-0.2, -0.15) is 5.26 Å². The lowest BCUT2D eigenvalue weighted by molar-refractivity contribution is 0.673. The van der Waals surface area contributed by atoms with Crippen molar-refractivity contribution in [3.8, 4) is 17.4 Å². The summed E-state index contributed by atoms with van der Waals surface area (Å²) in [4.78, 5) is 3.63. The molecular formula is C38H20N4O. The number of fused-ring (bicyclic) bond motifs is 10. The first kappa shape index (κ1) is 23.4. The predicted octanol–water partition coefficient (Wildman–Crippen LogP) is 10.2. The Hall–Kier alpha value is -6.30. The van der Waals surface area contributed by atoms with Crippen LogP contribution in [0, 0.1) is 17.9 Å². The van der Waals surface area contributed by atoms with E-state index < -0.39 is 0 Å². The summed E-state index contributed by atoms with van der Waals surface area (Å²) < 4.78 is 11.0. The Morgan fingerprint density at radius 3 is 2.07 bits per heavy atom. The van der Waals surface area contributed by atoms with Crippen molar-refractivity contribution in [3.63, 3.8) is 0 Å². The molecule has 0 radical (unpaired) electrons. The van der Waals surface area contributed by atoms with Gasteiger partial charge in [-0.05, 0) is 72.8 Å². The fraction of sp³-hybridized carbons (Fsp3) is 0. The highest BCUT2D eigenvalue weighted by molar-refractivity contribution is 6.24. The maximum atomic E-state index is 9.56. The lowest BCUT2D eigenvalue weighted by Gasteiger charge is -2.12. The van der Waals surface area contributed by atoms with Gasteiger partial charge in [0.1, 0.15) is 11.2 Å². The fourth-order valence-electron chi connectivity index (χ4n) is 6.71. The van der Waals surface area contributed by atoms with Gasteiger partial charge in [-0.3, -0.25) is 0 Å². The maximum absolute atomic E-state index is 9.56. The summed E-state index contributed by atoms with van der Waals surface area (Å²) in [5, 5.41) is 15.9. The number of hydrogen-bond donors (Lipinski definition) is 0. The van der Waals surface area contributed by atoms with E-state index in [1.54, 1.807) is 6.07 Å². The standard InChI is InChI=1S/C38H20N4O/c1-40-24-14-18-36-31(20-24)28-15-17-35-37(38(28)43-36)29-10-3-5-12-33(29)42(35)26-8-6-7-25(21-26)41-32-11-4-2-9-27(32)30-19-23(22-39)13-16-34(30)41/h2-21H. The Labute approximate surface area is 245 Å². The number of furan rings is 1. The minimum Gasteiger partial charge on any atom is -0.455 e. The van der Waals surface area contributed by atoms with Gasteiger partial charge in [0, 0.05) is 38.3 Å². The summed E-state index contributed by atoms with van der Waals surface area (Å²) in [7, 11) is 0. The molecule has 3 heterocycles. The molecule has 0 aliphatic rings. The van der Waals surface area contributed by atoms with Crippen molar-refractivity contribution in [3.05, 3.63) is 138 Å². The smallest absolute Gasteiger partial charge is 0.188 e. The van der Waals surface area contributed by atoms with E-state index in [0.29, 0.717) is 11.3 Å². The van der Waals surface area contributed by atoms with Crippen LogP contribution in [0.15, 0.2) is 126 Å². The molecule has 0 saturated carbocycles. The largest absolute Gasteiger partial charge is 0.455 e. The van der Waals surface area contributed by atoms with E-state index in [1.807, 2.05) is 36.4 Å². The second-order valence-electron chi connectivity index (χ2n) is 10.8. The highest BCUT2D eigenvalue weighted by Gasteiger charge is 2.19. The predicted molar refractivity (Wildman–Crippen MR) is 173 cm³/mol. The van der Waals surface area contributed by atoms with Crippen molar-refractivity contribution in [2.24, 2.45) is 0 Å². The third-order valence-electron chi connectivity index (χ3n) is 8.53. The van der Waals surface area contributed by atoms with Gasteiger partial charge in [0.2, 0.25) is 0 Å². The lowest BCUT2D eigenvalue weighted by Crippen LogP contribution is -1.98. The third-order valence-corrected chi connectivity index (χ3v) is 8.53. The maximum Gasteiger partial charge on any atom is 0.188 e. The molecule has 0 saturated heterocycles. The van der Waals surface area contributed by atoms with E-state index in [2.05, 4.69) is 98.9 Å². The number of nitriles is 1. The summed E-state index contributed by atoms with van der Waals surface area (Å²) in [6.45, 7) is 7.47. The van der Waals surface area contributed by atoms with Crippen LogP contribution in [0.3, 0.4) is 0 Å². The van der Waals surface area contributed by atoms with Gasteiger partial charge in [0.15, 0.2) is 5.69 Å². The highest BCUT2D eigenvalue weighted by atomic mass is 16.3. The van der Waals surface area contributed by atoms with Crippen LogP contribution in [0.1, 0.15) is 5.56 Å². The van der Waals surface area contributed by atoms with Crippen molar-refractivity contribution < 1.29 is 4.42 Å². The fourth-order valence-corrected chi connectivity index (χ4v) is 6.71. The molecule has 0 fully saturated rings. The Morgan fingerprint density at radius 2 is 1.28 bits per heavy atom. The van der Waals surface area contributed by atoms with Crippen molar-refractivity contribution in [2.75, 3.05) is 0 Å². The molecule has 0 bridgehead atoms. The van der Waals surface area contributed by atoms with Gasteiger partial charge in [-0.25, -0.2) is 4.85 Å².